The summed E-state index contributed by atoms with van der Waals surface area (Å²) in [4.78, 5) is 20.7. The zero-order valence-corrected chi connectivity index (χ0v) is 5.20. The third kappa shape index (κ3) is 1.34. The van der Waals surface area contributed by atoms with Crippen molar-refractivity contribution in [1.29, 1.82) is 0 Å². The van der Waals surface area contributed by atoms with Crippen molar-refractivity contribution in [1.82, 2.24) is 5.32 Å². The van der Waals surface area contributed by atoms with Crippen LogP contribution in [0.4, 0.5) is 4.79 Å². The average molecular weight is 141 g/mol. The van der Waals surface area contributed by atoms with Crippen molar-refractivity contribution in [3.8, 4) is 0 Å². The molecule has 1 unspecified atom stereocenters. The van der Waals surface area contributed by atoms with E-state index in [1.54, 1.807) is 6.08 Å². The minimum atomic E-state index is -1.15. The molecule has 4 nitrogen and oxygen atoms in total. The third-order valence-electron chi connectivity index (χ3n) is 1.30. The summed E-state index contributed by atoms with van der Waals surface area (Å²) in [6.45, 7) is 0. The molecule has 54 valence electrons. The summed E-state index contributed by atoms with van der Waals surface area (Å²) in [5.41, 5.74) is 0. The van der Waals surface area contributed by atoms with Gasteiger partial charge in [-0.1, -0.05) is 6.08 Å². The van der Waals surface area contributed by atoms with Gasteiger partial charge in [-0.15, -0.1) is 0 Å². The van der Waals surface area contributed by atoms with Gasteiger partial charge in [-0.3, -0.25) is 4.79 Å². The summed E-state index contributed by atoms with van der Waals surface area (Å²) in [6.07, 6.45) is 2.37. The smallest absolute Gasteiger partial charge is 0.405 e. The van der Waals surface area contributed by atoms with Crippen molar-refractivity contribution in [3.05, 3.63) is 12.2 Å². The zero-order chi connectivity index (χ0) is 7.56. The van der Waals surface area contributed by atoms with Crippen LogP contribution in [0.5, 0.6) is 0 Å². The molecule has 10 heavy (non-hydrogen) atoms. The summed E-state index contributed by atoms with van der Waals surface area (Å²) < 4.78 is 0. The van der Waals surface area contributed by atoms with E-state index in [0.29, 0.717) is 6.42 Å². The zero-order valence-electron chi connectivity index (χ0n) is 5.20. The number of carboxylic acid groups (broad SMARTS) is 1. The molecule has 0 aromatic carbocycles. The van der Waals surface area contributed by atoms with Crippen molar-refractivity contribution >= 4 is 11.9 Å². The van der Waals surface area contributed by atoms with Gasteiger partial charge >= 0.3 is 6.09 Å². The second-order valence-corrected chi connectivity index (χ2v) is 2.04. The highest BCUT2D eigenvalue weighted by Gasteiger charge is 2.20. The largest absolute Gasteiger partial charge is 0.465 e. The van der Waals surface area contributed by atoms with Crippen LogP contribution in [0.25, 0.3) is 0 Å². The van der Waals surface area contributed by atoms with Gasteiger partial charge in [0.2, 0.25) is 0 Å². The van der Waals surface area contributed by atoms with Gasteiger partial charge in [0.15, 0.2) is 5.78 Å². The third-order valence-corrected chi connectivity index (χ3v) is 1.30. The molecule has 0 fully saturated rings. The number of carbonyl (C=O) groups is 2. The van der Waals surface area contributed by atoms with Crippen molar-refractivity contribution < 1.29 is 14.7 Å². The van der Waals surface area contributed by atoms with Crippen LogP contribution in [0.2, 0.25) is 0 Å². The fraction of sp³-hybridized carbons (Fsp3) is 0.333. The highest BCUT2D eigenvalue weighted by Crippen LogP contribution is 2.04. The monoisotopic (exact) mass is 141 g/mol. The van der Waals surface area contributed by atoms with Gasteiger partial charge in [-0.25, -0.2) is 4.79 Å². The molecule has 0 saturated carbocycles. The molecular weight excluding hydrogens is 134 g/mol. The first-order chi connectivity index (χ1) is 4.70. The first-order valence-electron chi connectivity index (χ1n) is 2.90. The van der Waals surface area contributed by atoms with Crippen LogP contribution in [0.3, 0.4) is 0 Å². The van der Waals surface area contributed by atoms with Gasteiger partial charge in [-0.2, -0.15) is 0 Å². The maximum atomic E-state index is 10.7. The van der Waals surface area contributed by atoms with E-state index in [4.69, 9.17) is 5.11 Å². The van der Waals surface area contributed by atoms with Crippen LogP contribution in [0.1, 0.15) is 6.42 Å². The second kappa shape index (κ2) is 2.51. The fourth-order valence-corrected chi connectivity index (χ4v) is 0.832. The van der Waals surface area contributed by atoms with E-state index >= 15 is 0 Å². The van der Waals surface area contributed by atoms with Crippen molar-refractivity contribution in [2.75, 3.05) is 0 Å². The number of rotatable bonds is 1. The van der Waals surface area contributed by atoms with E-state index in [2.05, 4.69) is 5.32 Å². The van der Waals surface area contributed by atoms with Crippen molar-refractivity contribution in [3.63, 3.8) is 0 Å². The Morgan fingerprint density at radius 2 is 2.50 bits per heavy atom. The topological polar surface area (TPSA) is 66.4 Å². The number of nitrogens with one attached hydrogen (secondary N) is 1. The summed E-state index contributed by atoms with van der Waals surface area (Å²) in [5, 5.41) is 10.3. The molecule has 0 aromatic rings. The standard InChI is InChI=1S/C6H7NO3/c8-5-3-1-2-4(5)7-6(9)10/h1,3-4,7H,2H2,(H,9,10). The first kappa shape index (κ1) is 6.80. The normalized spacial score (nSPS) is 23.2. The van der Waals surface area contributed by atoms with Crippen LogP contribution in [-0.2, 0) is 4.79 Å². The molecule has 4 heteroatoms. The first-order valence-corrected chi connectivity index (χ1v) is 2.90. The lowest BCUT2D eigenvalue weighted by Crippen LogP contribution is -2.36. The van der Waals surface area contributed by atoms with Gasteiger partial charge in [0.1, 0.15) is 0 Å². The molecule has 1 aliphatic carbocycles. The highest BCUT2D eigenvalue weighted by molar-refractivity contribution is 5.98. The number of ketones is 1. The molecule has 0 heterocycles. The van der Waals surface area contributed by atoms with Gasteiger partial charge < -0.3 is 10.4 Å². The maximum absolute atomic E-state index is 10.7. The lowest BCUT2D eigenvalue weighted by atomic mass is 10.2. The van der Waals surface area contributed by atoms with E-state index in [-0.39, 0.29) is 5.78 Å². The Balaban J connectivity index is 2.45. The second-order valence-electron chi connectivity index (χ2n) is 2.04. The SMILES string of the molecule is O=C(O)NC1CC=CC1=O. The van der Waals surface area contributed by atoms with Gasteiger partial charge in [0.25, 0.3) is 0 Å². The highest BCUT2D eigenvalue weighted by atomic mass is 16.4. The Bertz CT molecular complexity index is 197. The van der Waals surface area contributed by atoms with Crippen molar-refractivity contribution in [2.24, 2.45) is 0 Å². The number of hydrogen-bond acceptors (Lipinski definition) is 2. The molecule has 2 N–H and O–H groups in total. The molecule has 0 spiro atoms. The lowest BCUT2D eigenvalue weighted by Gasteiger charge is -2.05. The Hall–Kier alpha value is -1.32. The van der Waals surface area contributed by atoms with E-state index in [1.807, 2.05) is 0 Å². The molecule has 0 bridgehead atoms. The molecular formula is C6H7NO3. The molecule has 1 atom stereocenters. The fourth-order valence-electron chi connectivity index (χ4n) is 0.832. The molecule has 1 rings (SSSR count). The molecule has 1 amide bonds. The van der Waals surface area contributed by atoms with Gasteiger partial charge in [0.05, 0.1) is 6.04 Å². The Morgan fingerprint density at radius 3 is 2.90 bits per heavy atom. The molecule has 1 aliphatic rings. The Kier molecular flexibility index (Phi) is 1.71. The van der Waals surface area contributed by atoms with Crippen molar-refractivity contribution in [2.45, 2.75) is 12.5 Å². The Morgan fingerprint density at radius 1 is 1.80 bits per heavy atom. The minimum absolute atomic E-state index is 0.164. The van der Waals surface area contributed by atoms with E-state index in [9.17, 15) is 9.59 Å². The van der Waals surface area contributed by atoms with Crippen LogP contribution < -0.4 is 5.32 Å². The number of amides is 1. The number of hydrogen-bond donors (Lipinski definition) is 2. The molecule has 0 radical (unpaired) electrons. The van der Waals surface area contributed by atoms with E-state index < -0.39 is 12.1 Å². The maximum Gasteiger partial charge on any atom is 0.405 e. The molecule has 0 saturated heterocycles. The van der Waals surface area contributed by atoms with Gasteiger partial charge in [-0.05, 0) is 12.5 Å². The number of carbonyl (C=O) groups excluding carboxylic acids is 1. The van der Waals surface area contributed by atoms with E-state index in [0.717, 1.165) is 0 Å². The lowest BCUT2D eigenvalue weighted by molar-refractivity contribution is -0.115. The summed E-state index contributed by atoms with van der Waals surface area (Å²) >= 11 is 0. The quantitative estimate of drug-likeness (QED) is 0.546. The predicted molar refractivity (Wildman–Crippen MR) is 33.7 cm³/mol. The molecule has 0 aliphatic heterocycles. The van der Waals surface area contributed by atoms with Crippen LogP contribution in [0, 0.1) is 0 Å². The van der Waals surface area contributed by atoms with E-state index in [1.165, 1.54) is 6.08 Å². The summed E-state index contributed by atoms with van der Waals surface area (Å²) in [6, 6.07) is -0.544. The van der Waals surface area contributed by atoms with Crippen LogP contribution >= 0.6 is 0 Å². The van der Waals surface area contributed by atoms with Crippen LogP contribution in [-0.4, -0.2) is 23.0 Å². The predicted octanol–water partition coefficient (Wildman–Crippen LogP) is 0.152. The van der Waals surface area contributed by atoms with Gasteiger partial charge in [0, 0.05) is 0 Å². The summed E-state index contributed by atoms with van der Waals surface area (Å²) in [5.74, 6) is -0.164. The van der Waals surface area contributed by atoms with Crippen LogP contribution in [0.15, 0.2) is 12.2 Å². The molecule has 0 aromatic heterocycles. The average Bonchev–Trinajstić information content (AvgIpc) is 2.15. The Labute approximate surface area is 57.5 Å². The summed E-state index contributed by atoms with van der Waals surface area (Å²) in [7, 11) is 0. The minimum Gasteiger partial charge on any atom is -0.465 e.